The van der Waals surface area contributed by atoms with E-state index in [0.717, 1.165) is 5.52 Å². The van der Waals surface area contributed by atoms with Crippen molar-refractivity contribution in [3.63, 3.8) is 0 Å². The fourth-order valence-electron chi connectivity index (χ4n) is 2.92. The van der Waals surface area contributed by atoms with E-state index in [1.54, 1.807) is 42.5 Å². The Morgan fingerprint density at radius 1 is 0.963 bits per heavy atom. The van der Waals surface area contributed by atoms with Gasteiger partial charge in [0.15, 0.2) is 5.58 Å². The van der Waals surface area contributed by atoms with Gasteiger partial charge in [-0.15, -0.1) is 0 Å². The summed E-state index contributed by atoms with van der Waals surface area (Å²) in [7, 11) is 0. The molecule has 1 heterocycles. The molecule has 5 nitrogen and oxygen atoms in total. The molecule has 3 aromatic carbocycles. The van der Waals surface area contributed by atoms with Crippen LogP contribution in [0.4, 0.5) is 0 Å². The topological polar surface area (TPSA) is 72.6 Å². The summed E-state index contributed by atoms with van der Waals surface area (Å²) in [6.45, 7) is 1.54. The number of fused-ring (bicyclic) bond motifs is 1. The van der Waals surface area contributed by atoms with E-state index in [9.17, 15) is 9.90 Å². The Morgan fingerprint density at radius 3 is 2.37 bits per heavy atom. The van der Waals surface area contributed by atoms with Gasteiger partial charge in [0.25, 0.3) is 0 Å². The van der Waals surface area contributed by atoms with Crippen molar-refractivity contribution in [2.45, 2.75) is 12.5 Å². The third kappa shape index (κ3) is 3.04. The van der Waals surface area contributed by atoms with E-state index in [1.165, 1.54) is 6.92 Å². The molecule has 27 heavy (non-hydrogen) atoms. The lowest BCUT2D eigenvalue weighted by molar-refractivity contribution is -0.154. The van der Waals surface area contributed by atoms with Crippen molar-refractivity contribution in [2.24, 2.45) is 0 Å². The lowest BCUT2D eigenvalue weighted by atomic mass is 9.95. The molecule has 0 bridgehead atoms. The normalized spacial score (nSPS) is 13.2. The number of aromatic nitrogens is 1. The average molecular weight is 359 g/mol. The highest BCUT2D eigenvalue weighted by atomic mass is 16.5. The van der Waals surface area contributed by atoms with Crippen LogP contribution in [0.15, 0.2) is 83.3 Å². The summed E-state index contributed by atoms with van der Waals surface area (Å²) < 4.78 is 11.9. The molecule has 0 aliphatic rings. The van der Waals surface area contributed by atoms with Crippen molar-refractivity contribution in [3.8, 4) is 17.2 Å². The third-order valence-corrected chi connectivity index (χ3v) is 4.46. The van der Waals surface area contributed by atoms with Crippen LogP contribution >= 0.6 is 0 Å². The van der Waals surface area contributed by atoms with Crippen molar-refractivity contribution in [1.82, 2.24) is 4.98 Å². The van der Waals surface area contributed by atoms with Gasteiger partial charge in [0.2, 0.25) is 11.5 Å². The van der Waals surface area contributed by atoms with E-state index in [4.69, 9.17) is 9.15 Å². The lowest BCUT2D eigenvalue weighted by Crippen LogP contribution is -2.38. The van der Waals surface area contributed by atoms with Gasteiger partial charge in [0, 0.05) is 5.56 Å². The van der Waals surface area contributed by atoms with E-state index in [-0.39, 0.29) is 0 Å². The minimum atomic E-state index is -1.55. The average Bonchev–Trinajstić information content (AvgIpc) is 3.13. The van der Waals surface area contributed by atoms with Gasteiger partial charge < -0.3 is 14.3 Å². The fourth-order valence-corrected chi connectivity index (χ4v) is 2.92. The standard InChI is InChI=1S/C22H17NO4/c1-22(21(24)25,15-9-3-2-4-10-15)27-18-13-7-5-11-16(18)20-23-17-12-6-8-14-19(17)26-20/h2-14H,1H3,(H,24,25). The third-order valence-electron chi connectivity index (χ3n) is 4.46. The number of hydrogen-bond donors (Lipinski definition) is 1. The monoisotopic (exact) mass is 359 g/mol. The molecule has 0 amide bonds. The molecule has 1 N–H and O–H groups in total. The molecule has 134 valence electrons. The highest BCUT2D eigenvalue weighted by molar-refractivity contribution is 5.81. The Balaban J connectivity index is 1.79. The molecule has 4 rings (SSSR count). The van der Waals surface area contributed by atoms with Gasteiger partial charge >= 0.3 is 5.97 Å². The predicted octanol–water partition coefficient (Wildman–Crippen LogP) is 4.87. The Labute approximate surface area is 155 Å². The summed E-state index contributed by atoms with van der Waals surface area (Å²) in [5.74, 6) is -0.313. The zero-order valence-electron chi connectivity index (χ0n) is 14.6. The Hall–Kier alpha value is -3.60. The van der Waals surface area contributed by atoms with Crippen molar-refractivity contribution in [3.05, 3.63) is 84.4 Å². The van der Waals surface area contributed by atoms with Crippen LogP contribution in [0.5, 0.6) is 5.75 Å². The van der Waals surface area contributed by atoms with Gasteiger partial charge in [-0.25, -0.2) is 9.78 Å². The number of para-hydroxylation sites is 3. The van der Waals surface area contributed by atoms with Gasteiger partial charge in [-0.05, 0) is 31.2 Å². The number of hydrogen-bond acceptors (Lipinski definition) is 4. The number of oxazole rings is 1. The molecular weight excluding hydrogens is 342 g/mol. The molecule has 0 radical (unpaired) electrons. The molecule has 0 spiro atoms. The molecular formula is C22H17NO4. The molecule has 0 aliphatic carbocycles. The van der Waals surface area contributed by atoms with Crippen LogP contribution in [-0.2, 0) is 10.4 Å². The van der Waals surface area contributed by atoms with Crippen LogP contribution in [0.1, 0.15) is 12.5 Å². The molecule has 0 aliphatic heterocycles. The minimum absolute atomic E-state index is 0.382. The first-order chi connectivity index (χ1) is 13.1. The lowest BCUT2D eigenvalue weighted by Gasteiger charge is -2.27. The van der Waals surface area contributed by atoms with Crippen LogP contribution in [0.3, 0.4) is 0 Å². The first-order valence-corrected chi connectivity index (χ1v) is 8.51. The highest BCUT2D eigenvalue weighted by Crippen LogP contribution is 2.36. The van der Waals surface area contributed by atoms with Crippen LogP contribution in [0, 0.1) is 0 Å². The molecule has 0 saturated carbocycles. The van der Waals surface area contributed by atoms with Crippen LogP contribution in [0.2, 0.25) is 0 Å². The molecule has 5 heteroatoms. The Kier molecular flexibility index (Phi) is 4.12. The molecule has 0 saturated heterocycles. The zero-order chi connectivity index (χ0) is 18.9. The predicted molar refractivity (Wildman–Crippen MR) is 102 cm³/mol. The Morgan fingerprint density at radius 2 is 1.63 bits per heavy atom. The quantitative estimate of drug-likeness (QED) is 0.550. The van der Waals surface area contributed by atoms with E-state index < -0.39 is 11.6 Å². The van der Waals surface area contributed by atoms with Gasteiger partial charge in [-0.1, -0.05) is 54.6 Å². The van der Waals surface area contributed by atoms with Gasteiger partial charge in [0.05, 0.1) is 5.56 Å². The summed E-state index contributed by atoms with van der Waals surface area (Å²) >= 11 is 0. The number of nitrogens with zero attached hydrogens (tertiary/aromatic N) is 1. The SMILES string of the molecule is CC(Oc1ccccc1-c1nc2ccccc2o1)(C(=O)O)c1ccccc1. The maximum atomic E-state index is 12.1. The summed E-state index contributed by atoms with van der Waals surface area (Å²) in [5, 5.41) is 9.86. The van der Waals surface area contributed by atoms with E-state index in [1.807, 2.05) is 36.4 Å². The number of ether oxygens (including phenoxy) is 1. The largest absolute Gasteiger partial charge is 0.478 e. The highest BCUT2D eigenvalue weighted by Gasteiger charge is 2.38. The van der Waals surface area contributed by atoms with Crippen molar-refractivity contribution in [2.75, 3.05) is 0 Å². The first kappa shape index (κ1) is 16.8. The summed E-state index contributed by atoms with van der Waals surface area (Å²) in [6.07, 6.45) is 0. The van der Waals surface area contributed by atoms with E-state index >= 15 is 0 Å². The molecule has 1 atom stereocenters. The summed E-state index contributed by atoms with van der Waals surface area (Å²) in [6, 6.07) is 23.4. The second-order valence-electron chi connectivity index (χ2n) is 6.29. The summed E-state index contributed by atoms with van der Waals surface area (Å²) in [4.78, 5) is 16.5. The Bertz CT molecular complexity index is 1070. The molecule has 0 fully saturated rings. The van der Waals surface area contributed by atoms with Gasteiger partial charge in [0.1, 0.15) is 11.3 Å². The van der Waals surface area contributed by atoms with Crippen LogP contribution < -0.4 is 4.74 Å². The van der Waals surface area contributed by atoms with Crippen LogP contribution in [0.25, 0.3) is 22.6 Å². The van der Waals surface area contributed by atoms with E-state index in [2.05, 4.69) is 4.98 Å². The zero-order valence-corrected chi connectivity index (χ0v) is 14.6. The minimum Gasteiger partial charge on any atom is -0.478 e. The number of carboxylic acids is 1. The molecule has 1 aromatic heterocycles. The number of rotatable bonds is 5. The molecule has 1 unspecified atom stereocenters. The van der Waals surface area contributed by atoms with Crippen molar-refractivity contribution in [1.29, 1.82) is 0 Å². The number of benzene rings is 3. The van der Waals surface area contributed by atoms with Gasteiger partial charge in [-0.3, -0.25) is 0 Å². The fraction of sp³-hybridized carbons (Fsp3) is 0.0909. The number of carbonyl (C=O) groups is 1. The molecule has 4 aromatic rings. The maximum absolute atomic E-state index is 12.1. The first-order valence-electron chi connectivity index (χ1n) is 8.51. The van der Waals surface area contributed by atoms with Crippen molar-refractivity contribution >= 4 is 17.1 Å². The summed E-state index contributed by atoms with van der Waals surface area (Å²) in [5.41, 5.74) is 0.975. The van der Waals surface area contributed by atoms with Gasteiger partial charge in [-0.2, -0.15) is 0 Å². The van der Waals surface area contributed by atoms with E-state index in [0.29, 0.717) is 28.4 Å². The maximum Gasteiger partial charge on any atom is 0.352 e. The second-order valence-corrected chi connectivity index (χ2v) is 6.29. The van der Waals surface area contributed by atoms with Crippen LogP contribution in [-0.4, -0.2) is 16.1 Å². The van der Waals surface area contributed by atoms with Crippen molar-refractivity contribution < 1.29 is 19.1 Å². The smallest absolute Gasteiger partial charge is 0.352 e. The number of carboxylic acid groups (broad SMARTS) is 1. The second kappa shape index (κ2) is 6.61. The number of aliphatic carboxylic acids is 1.